The number of nitrogens with zero attached hydrogens (tertiary/aromatic N) is 1. The first-order valence-electron chi connectivity index (χ1n) is 8.16. The molecular formula is C17H23N3O2S. The van der Waals surface area contributed by atoms with Crippen LogP contribution in [0, 0.1) is 0 Å². The molecule has 2 heterocycles. The predicted molar refractivity (Wildman–Crippen MR) is 95.0 cm³/mol. The van der Waals surface area contributed by atoms with E-state index in [0.29, 0.717) is 17.7 Å². The van der Waals surface area contributed by atoms with Gasteiger partial charge in [-0.2, -0.15) is 11.8 Å². The lowest BCUT2D eigenvalue weighted by Gasteiger charge is -2.37. The van der Waals surface area contributed by atoms with Crippen LogP contribution in [0.4, 0.5) is 0 Å². The Kier molecular flexibility index (Phi) is 4.80. The lowest BCUT2D eigenvalue weighted by Crippen LogP contribution is -2.47. The van der Waals surface area contributed by atoms with E-state index < -0.39 is 0 Å². The zero-order valence-corrected chi connectivity index (χ0v) is 14.4. The van der Waals surface area contributed by atoms with Crippen LogP contribution in [-0.2, 0) is 11.2 Å². The van der Waals surface area contributed by atoms with E-state index in [2.05, 4.69) is 23.8 Å². The minimum absolute atomic E-state index is 0.182. The monoisotopic (exact) mass is 333 g/mol. The third kappa shape index (κ3) is 3.63. The summed E-state index contributed by atoms with van der Waals surface area (Å²) in [6.45, 7) is 5.21. The highest BCUT2D eigenvalue weighted by Crippen LogP contribution is 2.25. The SMILES string of the molecule is C[C@H]1SCCN(C(=O)CCCc2ccc3[nH]c(=O)[nH]c3c2)[C@H]1C. The number of thioether (sulfide) groups is 1. The van der Waals surface area contributed by atoms with Gasteiger partial charge in [0.1, 0.15) is 0 Å². The fourth-order valence-electron chi connectivity index (χ4n) is 3.11. The number of hydrogen-bond donors (Lipinski definition) is 2. The average Bonchev–Trinajstić information content (AvgIpc) is 2.89. The number of nitrogens with one attached hydrogen (secondary N) is 2. The number of fused-ring (bicyclic) bond motifs is 1. The van der Waals surface area contributed by atoms with Crippen LogP contribution in [0.2, 0.25) is 0 Å². The Morgan fingerprint density at radius 2 is 2.09 bits per heavy atom. The fourth-order valence-corrected chi connectivity index (χ4v) is 4.21. The van der Waals surface area contributed by atoms with E-state index in [9.17, 15) is 9.59 Å². The highest BCUT2D eigenvalue weighted by Gasteiger charge is 2.28. The predicted octanol–water partition coefficient (Wildman–Crippen LogP) is 2.53. The van der Waals surface area contributed by atoms with Crippen molar-refractivity contribution in [1.29, 1.82) is 0 Å². The zero-order valence-electron chi connectivity index (χ0n) is 13.6. The average molecular weight is 333 g/mol. The van der Waals surface area contributed by atoms with Crippen LogP contribution in [-0.4, -0.2) is 44.4 Å². The third-order valence-corrected chi connectivity index (χ3v) is 5.98. The van der Waals surface area contributed by atoms with E-state index in [4.69, 9.17) is 0 Å². The van der Waals surface area contributed by atoms with Crippen molar-refractivity contribution >= 4 is 28.7 Å². The Balaban J connectivity index is 1.55. The summed E-state index contributed by atoms with van der Waals surface area (Å²) >= 11 is 1.95. The molecule has 1 aliphatic rings. The Hall–Kier alpha value is -1.69. The van der Waals surface area contributed by atoms with Crippen LogP contribution in [0.3, 0.4) is 0 Å². The minimum Gasteiger partial charge on any atom is -0.338 e. The Morgan fingerprint density at radius 3 is 2.91 bits per heavy atom. The number of aryl methyl sites for hydroxylation is 1. The van der Waals surface area contributed by atoms with Crippen molar-refractivity contribution in [3.8, 4) is 0 Å². The maximum absolute atomic E-state index is 12.4. The molecule has 0 aliphatic carbocycles. The Bertz CT molecular complexity index is 752. The van der Waals surface area contributed by atoms with Gasteiger partial charge in [0.25, 0.3) is 0 Å². The largest absolute Gasteiger partial charge is 0.338 e. The van der Waals surface area contributed by atoms with E-state index in [1.165, 1.54) is 0 Å². The number of benzene rings is 1. The lowest BCUT2D eigenvalue weighted by molar-refractivity contribution is -0.133. The number of rotatable bonds is 4. The van der Waals surface area contributed by atoms with E-state index in [1.807, 2.05) is 34.9 Å². The molecule has 1 aromatic heterocycles. The molecule has 6 heteroatoms. The molecule has 23 heavy (non-hydrogen) atoms. The Labute approximate surface area is 139 Å². The fraction of sp³-hybridized carbons (Fsp3) is 0.529. The molecule has 1 amide bonds. The van der Waals surface area contributed by atoms with Crippen molar-refractivity contribution in [3.63, 3.8) is 0 Å². The van der Waals surface area contributed by atoms with Gasteiger partial charge in [0.15, 0.2) is 0 Å². The quantitative estimate of drug-likeness (QED) is 0.903. The van der Waals surface area contributed by atoms with Gasteiger partial charge in [-0.25, -0.2) is 4.79 Å². The second-order valence-corrected chi connectivity index (χ2v) is 7.70. The van der Waals surface area contributed by atoms with Gasteiger partial charge in [0.2, 0.25) is 5.91 Å². The van der Waals surface area contributed by atoms with E-state index in [-0.39, 0.29) is 11.6 Å². The lowest BCUT2D eigenvalue weighted by atomic mass is 10.1. The molecule has 2 aromatic rings. The maximum atomic E-state index is 12.4. The first-order chi connectivity index (χ1) is 11.0. The van der Waals surface area contributed by atoms with E-state index in [0.717, 1.165) is 41.7 Å². The highest BCUT2D eigenvalue weighted by atomic mass is 32.2. The van der Waals surface area contributed by atoms with E-state index in [1.54, 1.807) is 0 Å². The van der Waals surface area contributed by atoms with Gasteiger partial charge in [-0.15, -0.1) is 0 Å². The van der Waals surface area contributed by atoms with Gasteiger partial charge >= 0.3 is 5.69 Å². The van der Waals surface area contributed by atoms with Crippen molar-refractivity contribution in [1.82, 2.24) is 14.9 Å². The summed E-state index contributed by atoms with van der Waals surface area (Å²) in [5.74, 6) is 1.30. The molecule has 1 fully saturated rings. The van der Waals surface area contributed by atoms with Gasteiger partial charge in [-0.3, -0.25) is 4.79 Å². The van der Waals surface area contributed by atoms with Crippen LogP contribution in [0.25, 0.3) is 11.0 Å². The summed E-state index contributed by atoms with van der Waals surface area (Å²) in [5.41, 5.74) is 2.62. The molecule has 0 unspecified atom stereocenters. The molecule has 2 N–H and O–H groups in total. The molecular weight excluding hydrogens is 310 g/mol. The van der Waals surface area contributed by atoms with Crippen molar-refractivity contribution in [3.05, 3.63) is 34.2 Å². The molecule has 0 spiro atoms. The van der Waals surface area contributed by atoms with Crippen LogP contribution in [0.15, 0.2) is 23.0 Å². The number of aromatic nitrogens is 2. The number of carbonyl (C=O) groups excluding carboxylic acids is 1. The summed E-state index contributed by atoms with van der Waals surface area (Å²) in [7, 11) is 0. The summed E-state index contributed by atoms with van der Waals surface area (Å²) < 4.78 is 0. The van der Waals surface area contributed by atoms with Gasteiger partial charge < -0.3 is 14.9 Å². The van der Waals surface area contributed by atoms with Crippen LogP contribution in [0.5, 0.6) is 0 Å². The molecule has 0 radical (unpaired) electrons. The third-order valence-electron chi connectivity index (χ3n) is 4.64. The number of amides is 1. The molecule has 0 saturated carbocycles. The molecule has 1 aromatic carbocycles. The molecule has 0 bridgehead atoms. The van der Waals surface area contributed by atoms with Gasteiger partial charge in [0.05, 0.1) is 11.0 Å². The summed E-state index contributed by atoms with van der Waals surface area (Å²) in [5, 5.41) is 0.514. The summed E-state index contributed by atoms with van der Waals surface area (Å²) in [6, 6.07) is 6.23. The Morgan fingerprint density at radius 1 is 1.30 bits per heavy atom. The van der Waals surface area contributed by atoms with Gasteiger partial charge in [0, 0.05) is 30.0 Å². The van der Waals surface area contributed by atoms with Gasteiger partial charge in [-0.1, -0.05) is 13.0 Å². The topological polar surface area (TPSA) is 69.0 Å². The molecule has 1 aliphatic heterocycles. The van der Waals surface area contributed by atoms with Crippen LogP contribution in [0.1, 0.15) is 32.3 Å². The smallest absolute Gasteiger partial charge is 0.323 e. The van der Waals surface area contributed by atoms with Crippen molar-refractivity contribution < 1.29 is 4.79 Å². The normalized spacial score (nSPS) is 21.7. The number of carbonyl (C=O) groups is 1. The molecule has 3 rings (SSSR count). The molecule has 1 saturated heterocycles. The first-order valence-corrected chi connectivity index (χ1v) is 9.21. The van der Waals surface area contributed by atoms with Crippen molar-refractivity contribution in [2.75, 3.05) is 12.3 Å². The molecule has 2 atom stereocenters. The number of aromatic amines is 2. The summed E-state index contributed by atoms with van der Waals surface area (Å²) in [4.78, 5) is 31.2. The minimum atomic E-state index is -0.182. The van der Waals surface area contributed by atoms with Crippen molar-refractivity contribution in [2.45, 2.75) is 44.4 Å². The molecule has 124 valence electrons. The first kappa shape index (κ1) is 16.2. The summed E-state index contributed by atoms with van der Waals surface area (Å²) in [6.07, 6.45) is 2.27. The second kappa shape index (κ2) is 6.83. The van der Waals surface area contributed by atoms with Crippen molar-refractivity contribution in [2.24, 2.45) is 0 Å². The van der Waals surface area contributed by atoms with Crippen LogP contribution >= 0.6 is 11.8 Å². The number of H-pyrrole nitrogens is 2. The standard InChI is InChI=1S/C17H23N3O2S/c1-11-12(2)23-9-8-20(11)16(21)5-3-4-13-6-7-14-15(10-13)19-17(22)18-14/h6-7,10-12H,3-5,8-9H2,1-2H3,(H2,18,19,22)/t11-,12+/m0/s1. The highest BCUT2D eigenvalue weighted by molar-refractivity contribution is 8.00. The second-order valence-electron chi connectivity index (χ2n) is 6.22. The van der Waals surface area contributed by atoms with E-state index >= 15 is 0 Å². The zero-order chi connectivity index (χ0) is 16.4. The number of hydrogen-bond acceptors (Lipinski definition) is 3. The molecule has 5 nitrogen and oxygen atoms in total. The van der Waals surface area contributed by atoms with Gasteiger partial charge in [-0.05, 0) is 37.5 Å². The van der Waals surface area contributed by atoms with Crippen LogP contribution < -0.4 is 5.69 Å². The number of imidazole rings is 1. The maximum Gasteiger partial charge on any atom is 0.323 e.